The van der Waals surface area contributed by atoms with Gasteiger partial charge in [0.05, 0.1) is 5.69 Å². The van der Waals surface area contributed by atoms with E-state index in [1.54, 1.807) is 24.3 Å². The molecule has 0 unspecified atom stereocenters. The molecule has 0 spiro atoms. The second-order valence-corrected chi connectivity index (χ2v) is 5.38. The van der Waals surface area contributed by atoms with Gasteiger partial charge in [-0.05, 0) is 36.4 Å². The van der Waals surface area contributed by atoms with Crippen molar-refractivity contribution in [2.75, 3.05) is 10.6 Å². The minimum Gasteiger partial charge on any atom is -0.504 e. The fraction of sp³-hybridized carbons (Fsp3) is 0. The summed E-state index contributed by atoms with van der Waals surface area (Å²) in [7, 11) is 0. The number of urea groups is 1. The average Bonchev–Trinajstić information content (AvgIpc) is 2.62. The lowest BCUT2D eigenvalue weighted by molar-refractivity contribution is 0.262. The van der Waals surface area contributed by atoms with Gasteiger partial charge in [-0.2, -0.15) is 0 Å². The number of hydrogen-bond acceptors (Lipinski definition) is 5. The van der Waals surface area contributed by atoms with E-state index in [0.29, 0.717) is 17.2 Å². The molecular weight excluding hydrogens is 336 g/mol. The largest absolute Gasteiger partial charge is 0.504 e. The van der Waals surface area contributed by atoms with Gasteiger partial charge in [-0.25, -0.2) is 4.79 Å². The van der Waals surface area contributed by atoms with Crippen molar-refractivity contribution in [2.45, 2.75) is 0 Å². The van der Waals surface area contributed by atoms with Crippen LogP contribution in [-0.4, -0.2) is 21.4 Å². The Balaban J connectivity index is 1.61. The average molecular weight is 352 g/mol. The highest BCUT2D eigenvalue weighted by Gasteiger charge is 2.10. The summed E-state index contributed by atoms with van der Waals surface area (Å²) in [4.78, 5) is 12.0. The normalized spacial score (nSPS) is 10.2. The summed E-state index contributed by atoms with van der Waals surface area (Å²) in [6.07, 6.45) is 0. The maximum absolute atomic E-state index is 12.0. The lowest BCUT2D eigenvalue weighted by atomic mass is 10.2. The third-order valence-electron chi connectivity index (χ3n) is 3.42. The van der Waals surface area contributed by atoms with E-state index in [1.165, 1.54) is 0 Å². The van der Waals surface area contributed by atoms with Gasteiger partial charge in [0.2, 0.25) is 0 Å². The number of anilines is 2. The molecular formula is C19H16N2O5. The molecule has 3 aromatic rings. The smallest absolute Gasteiger partial charge is 0.323 e. The summed E-state index contributed by atoms with van der Waals surface area (Å²) in [5, 5.41) is 33.2. The first-order valence-electron chi connectivity index (χ1n) is 7.67. The fourth-order valence-electron chi connectivity index (χ4n) is 2.20. The Labute approximate surface area is 149 Å². The van der Waals surface area contributed by atoms with Gasteiger partial charge in [0.25, 0.3) is 0 Å². The number of phenols is 3. The Kier molecular flexibility index (Phi) is 4.80. The number of rotatable bonds is 4. The highest BCUT2D eigenvalue weighted by atomic mass is 16.5. The SMILES string of the molecule is O=C(Nc1ccc(Oc2ccccc2)cc1)Nc1cc(O)c(O)c(O)c1. The third kappa shape index (κ3) is 4.15. The highest BCUT2D eigenvalue weighted by molar-refractivity contribution is 6.00. The van der Waals surface area contributed by atoms with Crippen LogP contribution in [0.25, 0.3) is 0 Å². The summed E-state index contributed by atoms with van der Waals surface area (Å²) in [5.74, 6) is -0.399. The van der Waals surface area contributed by atoms with Crippen LogP contribution in [0.2, 0.25) is 0 Å². The molecule has 7 heteroatoms. The van der Waals surface area contributed by atoms with Crippen LogP contribution in [0, 0.1) is 0 Å². The van der Waals surface area contributed by atoms with Gasteiger partial charge in [0.15, 0.2) is 17.2 Å². The van der Waals surface area contributed by atoms with E-state index in [2.05, 4.69) is 10.6 Å². The van der Waals surface area contributed by atoms with Crippen molar-refractivity contribution < 1.29 is 24.9 Å². The van der Waals surface area contributed by atoms with E-state index in [9.17, 15) is 20.1 Å². The third-order valence-corrected chi connectivity index (χ3v) is 3.42. The molecule has 2 amide bonds. The zero-order chi connectivity index (χ0) is 18.5. The molecule has 0 saturated carbocycles. The van der Waals surface area contributed by atoms with E-state index < -0.39 is 23.3 Å². The number of carbonyl (C=O) groups is 1. The number of amides is 2. The van der Waals surface area contributed by atoms with Crippen molar-refractivity contribution in [1.29, 1.82) is 0 Å². The topological polar surface area (TPSA) is 111 Å². The van der Waals surface area contributed by atoms with Crippen molar-refractivity contribution in [2.24, 2.45) is 0 Å². The van der Waals surface area contributed by atoms with Gasteiger partial charge >= 0.3 is 6.03 Å². The van der Waals surface area contributed by atoms with Crippen molar-refractivity contribution in [3.63, 3.8) is 0 Å². The highest BCUT2D eigenvalue weighted by Crippen LogP contribution is 2.37. The van der Waals surface area contributed by atoms with E-state index in [1.807, 2.05) is 30.3 Å². The molecule has 0 radical (unpaired) electrons. The Morgan fingerprint density at radius 3 is 1.88 bits per heavy atom. The first-order chi connectivity index (χ1) is 12.5. The van der Waals surface area contributed by atoms with Crippen molar-refractivity contribution in [1.82, 2.24) is 0 Å². The Hall–Kier alpha value is -3.87. The van der Waals surface area contributed by atoms with Gasteiger partial charge in [0.1, 0.15) is 11.5 Å². The number of phenolic OH excluding ortho intramolecular Hbond substituents is 3. The fourth-order valence-corrected chi connectivity index (χ4v) is 2.20. The van der Waals surface area contributed by atoms with Crippen molar-refractivity contribution in [3.8, 4) is 28.7 Å². The zero-order valence-corrected chi connectivity index (χ0v) is 13.5. The van der Waals surface area contributed by atoms with Gasteiger partial charge in [-0.1, -0.05) is 18.2 Å². The number of ether oxygens (including phenoxy) is 1. The maximum atomic E-state index is 12.0. The monoisotopic (exact) mass is 352 g/mol. The Morgan fingerprint density at radius 2 is 1.27 bits per heavy atom. The van der Waals surface area contributed by atoms with Crippen LogP contribution < -0.4 is 15.4 Å². The minimum atomic E-state index is -0.648. The molecule has 3 aromatic carbocycles. The summed E-state index contributed by atoms with van der Waals surface area (Å²) in [6, 6.07) is 17.7. The van der Waals surface area contributed by atoms with Crippen LogP contribution in [0.4, 0.5) is 16.2 Å². The second kappa shape index (κ2) is 7.35. The summed E-state index contributed by atoms with van der Waals surface area (Å²) in [5.41, 5.74) is 0.648. The predicted octanol–water partition coefficient (Wildman–Crippen LogP) is 4.24. The van der Waals surface area contributed by atoms with Gasteiger partial charge in [-0.15, -0.1) is 0 Å². The van der Waals surface area contributed by atoms with Crippen molar-refractivity contribution >= 4 is 17.4 Å². The molecule has 0 aliphatic heterocycles. The van der Waals surface area contributed by atoms with Crippen molar-refractivity contribution in [3.05, 3.63) is 66.7 Å². The number of carbonyl (C=O) groups excluding carboxylic acids is 1. The Morgan fingerprint density at radius 1 is 0.731 bits per heavy atom. The molecule has 7 nitrogen and oxygen atoms in total. The molecule has 132 valence electrons. The van der Waals surface area contributed by atoms with Crippen LogP contribution in [-0.2, 0) is 0 Å². The van der Waals surface area contributed by atoms with Crippen LogP contribution >= 0.6 is 0 Å². The molecule has 0 bridgehead atoms. The predicted molar refractivity (Wildman–Crippen MR) is 97.0 cm³/mol. The van der Waals surface area contributed by atoms with E-state index in [4.69, 9.17) is 4.74 Å². The second-order valence-electron chi connectivity index (χ2n) is 5.38. The molecule has 0 fully saturated rings. The summed E-state index contributed by atoms with van der Waals surface area (Å²) in [6.45, 7) is 0. The van der Waals surface area contributed by atoms with Gasteiger partial charge in [-0.3, -0.25) is 0 Å². The minimum absolute atomic E-state index is 0.124. The number of hydrogen-bond donors (Lipinski definition) is 5. The summed E-state index contributed by atoms with van der Waals surface area (Å²) >= 11 is 0. The molecule has 26 heavy (non-hydrogen) atoms. The number of para-hydroxylation sites is 1. The molecule has 0 saturated heterocycles. The van der Waals surface area contributed by atoms with Crippen LogP contribution in [0.5, 0.6) is 28.7 Å². The molecule has 5 N–H and O–H groups in total. The van der Waals surface area contributed by atoms with Gasteiger partial charge < -0.3 is 30.7 Å². The quantitative estimate of drug-likeness (QED) is 0.356. The van der Waals surface area contributed by atoms with Crippen LogP contribution in [0.3, 0.4) is 0 Å². The molecule has 0 aliphatic rings. The standard InChI is InChI=1S/C19H16N2O5/c22-16-10-13(11-17(23)18(16)24)21-19(25)20-12-6-8-15(9-7-12)26-14-4-2-1-3-5-14/h1-11,22-24H,(H2,20,21,25). The lowest BCUT2D eigenvalue weighted by Gasteiger charge is -2.10. The molecule has 0 heterocycles. The Bertz CT molecular complexity index is 888. The first kappa shape index (κ1) is 17.0. The van der Waals surface area contributed by atoms with E-state index in [0.717, 1.165) is 12.1 Å². The van der Waals surface area contributed by atoms with Crippen LogP contribution in [0.15, 0.2) is 66.7 Å². The van der Waals surface area contributed by atoms with Crippen LogP contribution in [0.1, 0.15) is 0 Å². The lowest BCUT2D eigenvalue weighted by Crippen LogP contribution is -2.19. The van der Waals surface area contributed by atoms with E-state index >= 15 is 0 Å². The number of nitrogens with one attached hydrogen (secondary N) is 2. The zero-order valence-electron chi connectivity index (χ0n) is 13.5. The molecule has 3 rings (SSSR count). The molecule has 0 aromatic heterocycles. The maximum Gasteiger partial charge on any atom is 0.323 e. The molecule has 0 atom stereocenters. The van der Waals surface area contributed by atoms with E-state index in [-0.39, 0.29) is 5.69 Å². The molecule has 0 aliphatic carbocycles. The number of benzene rings is 3. The number of aromatic hydroxyl groups is 3. The summed E-state index contributed by atoms with van der Waals surface area (Å²) < 4.78 is 5.66. The first-order valence-corrected chi connectivity index (χ1v) is 7.67. The van der Waals surface area contributed by atoms with Gasteiger partial charge in [0, 0.05) is 17.8 Å².